The number of likely N-dealkylation sites (tertiary alicyclic amines) is 1. The van der Waals surface area contributed by atoms with Gasteiger partial charge in [0.1, 0.15) is 11.2 Å². The lowest BCUT2D eigenvalue weighted by Gasteiger charge is -2.37. The fourth-order valence-electron chi connectivity index (χ4n) is 4.84. The highest BCUT2D eigenvalue weighted by Gasteiger charge is 2.34. The maximum absolute atomic E-state index is 15.2. The number of carbonyl (C=O) groups excluding carboxylic acids is 1. The molecule has 2 aliphatic rings. The second kappa shape index (κ2) is 7.23. The molecule has 4 heterocycles. The molecule has 5 N–H and O–H groups in total. The third-order valence-electron chi connectivity index (χ3n) is 6.49. The predicted octanol–water partition coefficient (Wildman–Crippen LogP) is 1.79. The van der Waals surface area contributed by atoms with Crippen molar-refractivity contribution in [2.24, 2.45) is 5.73 Å². The zero-order chi connectivity index (χ0) is 21.8. The highest BCUT2D eigenvalue weighted by Crippen LogP contribution is 2.36. The van der Waals surface area contributed by atoms with E-state index in [-0.39, 0.29) is 28.5 Å². The van der Waals surface area contributed by atoms with Crippen molar-refractivity contribution in [3.05, 3.63) is 27.3 Å². The molecule has 30 heavy (non-hydrogen) atoms. The van der Waals surface area contributed by atoms with Crippen molar-refractivity contribution >= 4 is 28.4 Å². The Morgan fingerprint density at radius 3 is 2.60 bits per heavy atom. The number of hydrogen-bond donors (Lipinski definition) is 3. The molecule has 0 aliphatic carbocycles. The monoisotopic (exact) mass is 416 g/mol. The average molecular weight is 417 g/mol. The predicted molar refractivity (Wildman–Crippen MR) is 115 cm³/mol. The molecule has 0 radical (unpaired) electrons. The first-order valence-corrected chi connectivity index (χ1v) is 10.4. The van der Waals surface area contributed by atoms with Gasteiger partial charge in [-0.25, -0.2) is 9.37 Å². The van der Waals surface area contributed by atoms with Crippen molar-refractivity contribution in [2.45, 2.75) is 57.5 Å². The lowest BCUT2D eigenvalue weighted by atomic mass is 9.88. The number of nitrogen functional groups attached to an aromatic ring is 1. The molecular weight excluding hydrogens is 387 g/mol. The van der Waals surface area contributed by atoms with Crippen LogP contribution < -0.4 is 22.2 Å². The van der Waals surface area contributed by atoms with Gasteiger partial charge in [-0.05, 0) is 66.1 Å². The van der Waals surface area contributed by atoms with Crippen LogP contribution in [0.4, 0.5) is 15.9 Å². The number of nitrogens with one attached hydrogen (secondary N) is 1. The summed E-state index contributed by atoms with van der Waals surface area (Å²) in [7, 11) is 2.06. The SMILES string of the molecule is CN1CCC(Nc2nc3c(c(N)c2F)c(=O)c(C(N)=O)c2n3C(C)(C)CCC2)CC1. The fourth-order valence-corrected chi connectivity index (χ4v) is 4.84. The second-order valence-corrected chi connectivity index (χ2v) is 9.13. The van der Waals surface area contributed by atoms with Crippen molar-refractivity contribution < 1.29 is 9.18 Å². The van der Waals surface area contributed by atoms with Gasteiger partial charge < -0.3 is 26.3 Å². The molecule has 1 amide bonds. The molecule has 2 aromatic heterocycles. The number of hydrogen-bond acceptors (Lipinski definition) is 6. The Balaban J connectivity index is 1.97. The van der Waals surface area contributed by atoms with E-state index in [1.165, 1.54) is 0 Å². The van der Waals surface area contributed by atoms with Crippen LogP contribution in [0.3, 0.4) is 0 Å². The number of carbonyl (C=O) groups is 1. The number of fused-ring (bicyclic) bond motifs is 3. The summed E-state index contributed by atoms with van der Waals surface area (Å²) in [6, 6.07) is 0.0745. The molecule has 2 aliphatic heterocycles. The highest BCUT2D eigenvalue weighted by atomic mass is 19.1. The first kappa shape index (κ1) is 20.6. The Kier molecular flexibility index (Phi) is 4.96. The molecule has 162 valence electrons. The molecule has 0 saturated carbocycles. The first-order chi connectivity index (χ1) is 14.1. The molecular formula is C21H29FN6O2. The van der Waals surface area contributed by atoms with Gasteiger partial charge in [0.05, 0.1) is 11.1 Å². The standard InChI is InChI=1S/C21H29FN6O2/c1-21(2)8-4-5-12-13(18(24)30)17(29)14-16(23)15(22)19(26-20(14)28(12)21)25-11-6-9-27(3)10-7-11/h11H,4-10H2,1-3H3,(H2,24,30)(H3,23,25,26). The van der Waals surface area contributed by atoms with E-state index in [2.05, 4.69) is 22.2 Å². The van der Waals surface area contributed by atoms with Gasteiger partial charge in [-0.1, -0.05) is 0 Å². The quantitative estimate of drug-likeness (QED) is 0.702. The minimum Gasteiger partial charge on any atom is -0.396 e. The first-order valence-electron chi connectivity index (χ1n) is 10.4. The number of amides is 1. The van der Waals surface area contributed by atoms with Gasteiger partial charge in [0, 0.05) is 17.3 Å². The van der Waals surface area contributed by atoms with Crippen molar-refractivity contribution in [2.75, 3.05) is 31.2 Å². The Morgan fingerprint density at radius 1 is 1.30 bits per heavy atom. The topological polar surface area (TPSA) is 119 Å². The van der Waals surface area contributed by atoms with Gasteiger partial charge >= 0.3 is 0 Å². The number of pyridine rings is 2. The van der Waals surface area contributed by atoms with Crippen molar-refractivity contribution in [3.63, 3.8) is 0 Å². The zero-order valence-electron chi connectivity index (χ0n) is 17.7. The van der Waals surface area contributed by atoms with Gasteiger partial charge in [-0.15, -0.1) is 0 Å². The lowest BCUT2D eigenvalue weighted by molar-refractivity contribution is 0.0996. The van der Waals surface area contributed by atoms with Gasteiger partial charge in [-0.3, -0.25) is 9.59 Å². The van der Waals surface area contributed by atoms with E-state index in [0.29, 0.717) is 17.8 Å². The van der Waals surface area contributed by atoms with Crippen molar-refractivity contribution in [1.29, 1.82) is 0 Å². The number of anilines is 2. The Bertz CT molecular complexity index is 1090. The number of rotatable bonds is 3. The fraction of sp³-hybridized carbons (Fsp3) is 0.571. The van der Waals surface area contributed by atoms with Crippen molar-refractivity contribution in [1.82, 2.24) is 14.5 Å². The summed E-state index contributed by atoms with van der Waals surface area (Å²) in [5.41, 5.74) is 11.0. The average Bonchev–Trinajstić information content (AvgIpc) is 2.66. The number of nitrogens with two attached hydrogens (primary N) is 2. The van der Waals surface area contributed by atoms with E-state index in [4.69, 9.17) is 11.5 Å². The Hall–Kier alpha value is -2.68. The van der Waals surface area contributed by atoms with Crippen LogP contribution in [0.2, 0.25) is 0 Å². The molecule has 4 rings (SSSR count). The molecule has 1 fully saturated rings. The number of halogens is 1. The van der Waals surface area contributed by atoms with E-state index in [1.807, 2.05) is 18.4 Å². The van der Waals surface area contributed by atoms with Crippen LogP contribution in [-0.4, -0.2) is 46.5 Å². The molecule has 0 bridgehead atoms. The third kappa shape index (κ3) is 3.21. The maximum atomic E-state index is 15.2. The minimum atomic E-state index is -0.823. The molecule has 8 nitrogen and oxygen atoms in total. The van der Waals surface area contributed by atoms with Crippen LogP contribution in [0.5, 0.6) is 0 Å². The third-order valence-corrected chi connectivity index (χ3v) is 6.49. The van der Waals surface area contributed by atoms with E-state index in [1.54, 1.807) is 0 Å². The summed E-state index contributed by atoms with van der Waals surface area (Å²) >= 11 is 0. The molecule has 1 saturated heterocycles. The van der Waals surface area contributed by atoms with E-state index >= 15 is 4.39 Å². The lowest BCUT2D eigenvalue weighted by Crippen LogP contribution is -2.40. The second-order valence-electron chi connectivity index (χ2n) is 9.13. The van der Waals surface area contributed by atoms with E-state index in [9.17, 15) is 9.59 Å². The van der Waals surface area contributed by atoms with Gasteiger partial charge in [0.25, 0.3) is 5.91 Å². The van der Waals surface area contributed by atoms with Crippen molar-refractivity contribution in [3.8, 4) is 0 Å². The molecule has 0 aromatic carbocycles. The van der Waals surface area contributed by atoms with E-state index in [0.717, 1.165) is 38.8 Å². The summed E-state index contributed by atoms with van der Waals surface area (Å²) in [6.45, 7) is 5.84. The van der Waals surface area contributed by atoms with Gasteiger partial charge in [0.2, 0.25) is 5.43 Å². The largest absolute Gasteiger partial charge is 0.396 e. The Labute approximate surface area is 174 Å². The van der Waals surface area contributed by atoms with Crippen LogP contribution in [-0.2, 0) is 12.0 Å². The number of piperidine rings is 1. The summed E-state index contributed by atoms with van der Waals surface area (Å²) in [4.78, 5) is 32.0. The summed E-state index contributed by atoms with van der Waals surface area (Å²) in [5.74, 6) is -1.53. The summed E-state index contributed by atoms with van der Waals surface area (Å²) < 4.78 is 17.0. The van der Waals surface area contributed by atoms with Crippen LogP contribution in [0.1, 0.15) is 55.6 Å². The molecule has 9 heteroatoms. The maximum Gasteiger partial charge on any atom is 0.254 e. The van der Waals surface area contributed by atoms with Crippen LogP contribution in [0, 0.1) is 5.82 Å². The number of aromatic nitrogens is 2. The number of nitrogens with zero attached hydrogens (tertiary/aromatic N) is 3. The molecule has 2 aromatic rings. The van der Waals surface area contributed by atoms with Gasteiger partial charge in [0.15, 0.2) is 11.6 Å². The molecule has 0 unspecified atom stereocenters. The van der Waals surface area contributed by atoms with Crippen LogP contribution >= 0.6 is 0 Å². The number of primary amides is 1. The minimum absolute atomic E-state index is 0.0526. The van der Waals surface area contributed by atoms with Gasteiger partial charge in [-0.2, -0.15) is 0 Å². The smallest absolute Gasteiger partial charge is 0.254 e. The van der Waals surface area contributed by atoms with Crippen LogP contribution in [0.15, 0.2) is 4.79 Å². The van der Waals surface area contributed by atoms with Crippen LogP contribution in [0.25, 0.3) is 11.0 Å². The van der Waals surface area contributed by atoms with E-state index < -0.39 is 22.7 Å². The molecule has 0 spiro atoms. The summed E-state index contributed by atoms with van der Waals surface area (Å²) in [5, 5.41) is 3.12. The molecule has 0 atom stereocenters. The highest BCUT2D eigenvalue weighted by molar-refractivity contribution is 6.00. The Morgan fingerprint density at radius 2 is 1.97 bits per heavy atom. The normalized spacial score (nSPS) is 19.6. The summed E-state index contributed by atoms with van der Waals surface area (Å²) in [6.07, 6.45) is 3.89. The zero-order valence-corrected chi connectivity index (χ0v) is 17.7.